The first-order valence-corrected chi connectivity index (χ1v) is 11.2. The van der Waals surface area contributed by atoms with Gasteiger partial charge in [0, 0.05) is 43.2 Å². The van der Waals surface area contributed by atoms with Gasteiger partial charge in [-0.05, 0) is 36.8 Å². The maximum absolute atomic E-state index is 13.2. The maximum atomic E-state index is 13.2. The number of hydrogen-bond acceptors (Lipinski definition) is 4. The molecule has 0 saturated carbocycles. The van der Waals surface area contributed by atoms with Crippen molar-refractivity contribution in [1.82, 2.24) is 14.8 Å². The molecular formula is C24H21Cl2F3N4O. The third-order valence-corrected chi connectivity index (χ3v) is 6.14. The lowest BCUT2D eigenvalue weighted by atomic mass is 9.99. The molecule has 0 spiro atoms. The Bertz CT molecular complexity index is 1360. The van der Waals surface area contributed by atoms with Crippen LogP contribution in [0.25, 0.3) is 16.6 Å². The second-order valence-corrected chi connectivity index (χ2v) is 8.82. The summed E-state index contributed by atoms with van der Waals surface area (Å²) >= 11 is 12.6. The van der Waals surface area contributed by atoms with Crippen molar-refractivity contribution in [2.75, 3.05) is 19.0 Å². The summed E-state index contributed by atoms with van der Waals surface area (Å²) in [7, 11) is 3.59. The van der Waals surface area contributed by atoms with Crippen LogP contribution in [0.4, 0.5) is 19.0 Å². The van der Waals surface area contributed by atoms with E-state index in [9.17, 15) is 18.3 Å². The van der Waals surface area contributed by atoms with Crippen LogP contribution in [0.5, 0.6) is 5.75 Å². The smallest absolute Gasteiger partial charge is 0.416 e. The number of anilines is 1. The lowest BCUT2D eigenvalue weighted by Crippen LogP contribution is -2.17. The SMILES string of the molecule is CCc1nn(-c2c(Cl)cc(C(F)(F)F)cc2Cl)c(N(C)C)c1Cc1c(O)ccc2cccnc12. The predicted molar refractivity (Wildman–Crippen MR) is 129 cm³/mol. The average molecular weight is 509 g/mol. The summed E-state index contributed by atoms with van der Waals surface area (Å²) in [5.41, 5.74) is 1.98. The quantitative estimate of drug-likeness (QED) is 0.327. The average Bonchev–Trinajstić information content (AvgIpc) is 3.12. The zero-order valence-electron chi connectivity index (χ0n) is 18.6. The van der Waals surface area contributed by atoms with E-state index in [4.69, 9.17) is 23.2 Å². The fourth-order valence-electron chi connectivity index (χ4n) is 4.04. The van der Waals surface area contributed by atoms with E-state index in [1.165, 1.54) is 4.68 Å². The third-order valence-electron chi connectivity index (χ3n) is 5.56. The molecule has 2 heterocycles. The molecule has 0 unspecified atom stereocenters. The van der Waals surface area contributed by atoms with Gasteiger partial charge in [0.05, 0.1) is 26.8 Å². The summed E-state index contributed by atoms with van der Waals surface area (Å²) in [5.74, 6) is 0.684. The number of rotatable bonds is 5. The van der Waals surface area contributed by atoms with Crippen molar-refractivity contribution in [3.05, 3.63) is 75.0 Å². The second kappa shape index (κ2) is 9.00. The van der Waals surface area contributed by atoms with Gasteiger partial charge >= 0.3 is 6.18 Å². The lowest BCUT2D eigenvalue weighted by molar-refractivity contribution is -0.137. The van der Waals surface area contributed by atoms with Crippen LogP contribution >= 0.6 is 23.2 Å². The Morgan fingerprint density at radius 2 is 1.74 bits per heavy atom. The van der Waals surface area contributed by atoms with Gasteiger partial charge < -0.3 is 10.0 Å². The molecule has 10 heteroatoms. The van der Waals surface area contributed by atoms with E-state index in [-0.39, 0.29) is 21.5 Å². The summed E-state index contributed by atoms with van der Waals surface area (Å²) in [6.07, 6.45) is -2.09. The van der Waals surface area contributed by atoms with Crippen molar-refractivity contribution in [2.24, 2.45) is 0 Å². The van der Waals surface area contributed by atoms with Crippen LogP contribution < -0.4 is 4.90 Å². The highest BCUT2D eigenvalue weighted by molar-refractivity contribution is 6.38. The van der Waals surface area contributed by atoms with E-state index in [1.807, 2.05) is 19.1 Å². The monoisotopic (exact) mass is 508 g/mol. The van der Waals surface area contributed by atoms with Gasteiger partial charge in [-0.15, -0.1) is 0 Å². The molecule has 0 fully saturated rings. The summed E-state index contributed by atoms with van der Waals surface area (Å²) in [4.78, 5) is 6.24. The Morgan fingerprint density at radius 3 is 2.32 bits per heavy atom. The van der Waals surface area contributed by atoms with Crippen molar-refractivity contribution in [2.45, 2.75) is 25.9 Å². The van der Waals surface area contributed by atoms with Gasteiger partial charge in [0.1, 0.15) is 17.3 Å². The number of hydrogen-bond donors (Lipinski definition) is 1. The van der Waals surface area contributed by atoms with Gasteiger partial charge in [-0.25, -0.2) is 4.68 Å². The first-order chi connectivity index (χ1) is 16.0. The molecule has 1 N–H and O–H groups in total. The molecule has 0 bridgehead atoms. The fraction of sp³-hybridized carbons (Fsp3) is 0.250. The van der Waals surface area contributed by atoms with Gasteiger partial charge in [-0.3, -0.25) is 4.98 Å². The van der Waals surface area contributed by atoms with E-state index < -0.39 is 11.7 Å². The number of halogens is 5. The number of fused-ring (bicyclic) bond motifs is 1. The van der Waals surface area contributed by atoms with Crippen LogP contribution in [0.2, 0.25) is 10.0 Å². The highest BCUT2D eigenvalue weighted by atomic mass is 35.5. The Balaban J connectivity index is 1.94. The van der Waals surface area contributed by atoms with Crippen molar-refractivity contribution < 1.29 is 18.3 Å². The number of pyridine rings is 1. The zero-order chi connectivity index (χ0) is 24.8. The highest BCUT2D eigenvalue weighted by Gasteiger charge is 2.33. The van der Waals surface area contributed by atoms with Gasteiger partial charge in [0.2, 0.25) is 0 Å². The van der Waals surface area contributed by atoms with E-state index in [0.717, 1.165) is 23.1 Å². The summed E-state index contributed by atoms with van der Waals surface area (Å²) in [6, 6.07) is 8.82. The van der Waals surface area contributed by atoms with Crippen LogP contribution in [-0.4, -0.2) is 34.0 Å². The van der Waals surface area contributed by atoms with Gasteiger partial charge in [-0.2, -0.15) is 18.3 Å². The van der Waals surface area contributed by atoms with Crippen LogP contribution in [0.3, 0.4) is 0 Å². The number of aromatic nitrogens is 3. The number of aryl methyl sites for hydroxylation is 1. The molecule has 2 aromatic carbocycles. The van der Waals surface area contributed by atoms with E-state index in [0.29, 0.717) is 35.4 Å². The molecule has 5 nitrogen and oxygen atoms in total. The molecule has 0 atom stereocenters. The maximum Gasteiger partial charge on any atom is 0.416 e. The van der Waals surface area contributed by atoms with E-state index >= 15 is 0 Å². The van der Waals surface area contributed by atoms with Crippen LogP contribution in [0.15, 0.2) is 42.6 Å². The third kappa shape index (κ3) is 4.28. The van der Waals surface area contributed by atoms with Crippen molar-refractivity contribution in [1.29, 1.82) is 0 Å². The van der Waals surface area contributed by atoms with Crippen LogP contribution in [0.1, 0.15) is 29.3 Å². The van der Waals surface area contributed by atoms with Crippen molar-refractivity contribution in [3.8, 4) is 11.4 Å². The lowest BCUT2D eigenvalue weighted by Gasteiger charge is -2.20. The van der Waals surface area contributed by atoms with Crippen molar-refractivity contribution in [3.63, 3.8) is 0 Å². The fourth-order valence-corrected chi connectivity index (χ4v) is 4.69. The number of benzene rings is 2. The largest absolute Gasteiger partial charge is 0.508 e. The second-order valence-electron chi connectivity index (χ2n) is 8.01. The summed E-state index contributed by atoms with van der Waals surface area (Å²) in [6.45, 7) is 1.92. The molecule has 0 saturated heterocycles. The Kier molecular flexibility index (Phi) is 6.40. The first kappa shape index (κ1) is 24.2. The zero-order valence-corrected chi connectivity index (χ0v) is 20.1. The van der Waals surface area contributed by atoms with E-state index in [1.54, 1.807) is 37.3 Å². The molecular weight excluding hydrogens is 488 g/mol. The minimum Gasteiger partial charge on any atom is -0.508 e. The number of phenols is 1. The molecule has 4 aromatic rings. The Hall–Kier alpha value is -2.97. The summed E-state index contributed by atoms with van der Waals surface area (Å²) in [5, 5.41) is 15.8. The molecule has 34 heavy (non-hydrogen) atoms. The molecule has 0 aliphatic heterocycles. The van der Waals surface area contributed by atoms with E-state index in [2.05, 4.69) is 10.1 Å². The minimum atomic E-state index is -4.58. The van der Waals surface area contributed by atoms with Gasteiger partial charge in [0.15, 0.2) is 0 Å². The first-order valence-electron chi connectivity index (χ1n) is 10.4. The normalized spacial score (nSPS) is 11.9. The minimum absolute atomic E-state index is 0.0938. The molecule has 0 radical (unpaired) electrons. The number of alkyl halides is 3. The molecule has 2 aromatic heterocycles. The molecule has 4 rings (SSSR count). The highest BCUT2D eigenvalue weighted by Crippen LogP contribution is 2.40. The number of nitrogens with zero attached hydrogens (tertiary/aromatic N) is 4. The van der Waals surface area contributed by atoms with Crippen molar-refractivity contribution >= 4 is 39.9 Å². The Morgan fingerprint density at radius 1 is 1.06 bits per heavy atom. The van der Waals surface area contributed by atoms with Crippen LogP contribution in [-0.2, 0) is 19.0 Å². The van der Waals surface area contributed by atoms with Crippen LogP contribution in [0, 0.1) is 0 Å². The summed E-state index contributed by atoms with van der Waals surface area (Å²) < 4.78 is 41.2. The molecule has 0 aliphatic carbocycles. The molecule has 178 valence electrons. The topological polar surface area (TPSA) is 54.2 Å². The number of phenolic OH excluding ortho intramolecular Hbond substituents is 1. The standard InChI is InChI=1S/C24H21Cl2F3N4O/c1-4-19-15(12-16-20(34)8-7-13-6-5-9-30-21(13)16)23(32(2)3)33(31-19)22-17(25)10-14(11-18(22)26)24(27,28)29/h5-11,34H,4,12H2,1-3H3. The predicted octanol–water partition coefficient (Wildman–Crippen LogP) is 6.67. The molecule has 0 aliphatic rings. The van der Waals surface area contributed by atoms with Gasteiger partial charge in [-0.1, -0.05) is 36.2 Å². The molecule has 0 amide bonds. The van der Waals surface area contributed by atoms with Gasteiger partial charge in [0.25, 0.3) is 0 Å². The number of aromatic hydroxyl groups is 1. The Labute approximate surface area is 204 Å².